The maximum atomic E-state index is 12.5. The Morgan fingerprint density at radius 1 is 1.17 bits per heavy atom. The number of imide groups is 1. The molecule has 0 aromatic heterocycles. The summed E-state index contributed by atoms with van der Waals surface area (Å²) in [6.45, 7) is 6.48. The van der Waals surface area contributed by atoms with E-state index in [-0.39, 0.29) is 34.5 Å². The molecular weight excluding hydrogens is 226 g/mol. The van der Waals surface area contributed by atoms with Gasteiger partial charge >= 0.3 is 0 Å². The number of likely N-dealkylation sites (tertiary alicyclic amines) is 1. The third-order valence-corrected chi connectivity index (χ3v) is 5.76. The highest BCUT2D eigenvalue weighted by Gasteiger charge is 2.66. The predicted molar refractivity (Wildman–Crippen MR) is 68.5 cm³/mol. The van der Waals surface area contributed by atoms with Crippen molar-refractivity contribution in [3.8, 4) is 0 Å². The zero-order valence-electron chi connectivity index (χ0n) is 11.6. The van der Waals surface area contributed by atoms with E-state index >= 15 is 0 Å². The number of hydrogen-bond acceptors (Lipinski definition) is 2. The molecule has 2 amide bonds. The van der Waals surface area contributed by atoms with Gasteiger partial charge in [0.05, 0.1) is 11.8 Å². The van der Waals surface area contributed by atoms with Gasteiger partial charge in [-0.3, -0.25) is 14.5 Å². The molecule has 4 rings (SSSR count). The first-order chi connectivity index (χ1) is 8.33. The molecule has 98 valence electrons. The van der Waals surface area contributed by atoms with Gasteiger partial charge in [-0.1, -0.05) is 32.9 Å². The summed E-state index contributed by atoms with van der Waals surface area (Å²) in [6.07, 6.45) is 6.51. The Labute approximate surface area is 108 Å². The van der Waals surface area contributed by atoms with E-state index in [0.29, 0.717) is 5.92 Å². The summed E-state index contributed by atoms with van der Waals surface area (Å²) < 4.78 is 0. The summed E-state index contributed by atoms with van der Waals surface area (Å²) in [5.41, 5.74) is -0.210. The summed E-state index contributed by atoms with van der Waals surface area (Å²) >= 11 is 0. The van der Waals surface area contributed by atoms with Crippen molar-refractivity contribution in [1.82, 2.24) is 4.90 Å². The van der Waals surface area contributed by atoms with Crippen molar-refractivity contribution in [2.24, 2.45) is 28.6 Å². The minimum Gasteiger partial charge on any atom is -0.285 e. The van der Waals surface area contributed by atoms with Crippen LogP contribution in [0.25, 0.3) is 0 Å². The number of fused-ring (bicyclic) bond motifs is 1. The van der Waals surface area contributed by atoms with E-state index in [4.69, 9.17) is 0 Å². The number of carbonyl (C=O) groups excluding carboxylic acids is 2. The normalized spacial score (nSPS) is 46.2. The van der Waals surface area contributed by atoms with E-state index in [1.54, 1.807) is 7.05 Å². The number of hydrogen-bond donors (Lipinski definition) is 0. The highest BCUT2D eigenvalue weighted by atomic mass is 16.2. The Morgan fingerprint density at radius 3 is 2.28 bits per heavy atom. The molecule has 1 aliphatic heterocycles. The average molecular weight is 247 g/mol. The van der Waals surface area contributed by atoms with E-state index < -0.39 is 0 Å². The van der Waals surface area contributed by atoms with Crippen molar-refractivity contribution < 1.29 is 9.59 Å². The molecule has 3 aliphatic carbocycles. The third kappa shape index (κ3) is 1.11. The van der Waals surface area contributed by atoms with Gasteiger partial charge in [-0.2, -0.15) is 0 Å². The lowest BCUT2D eigenvalue weighted by Gasteiger charge is -2.55. The first-order valence-electron chi connectivity index (χ1n) is 6.85. The molecule has 2 fully saturated rings. The largest absolute Gasteiger partial charge is 0.285 e. The number of amides is 2. The van der Waals surface area contributed by atoms with Crippen molar-refractivity contribution >= 4 is 11.8 Å². The molecule has 2 bridgehead atoms. The lowest BCUT2D eigenvalue weighted by molar-refractivity contribution is -0.139. The summed E-state index contributed by atoms with van der Waals surface area (Å²) in [6, 6.07) is 0. The highest BCUT2D eigenvalue weighted by molar-refractivity contribution is 6.06. The molecule has 1 saturated carbocycles. The number of carbonyl (C=O) groups is 2. The molecule has 0 spiro atoms. The Balaban J connectivity index is 2.19. The second kappa shape index (κ2) is 3.25. The van der Waals surface area contributed by atoms with Crippen molar-refractivity contribution in [2.45, 2.75) is 33.6 Å². The summed E-state index contributed by atoms with van der Waals surface area (Å²) in [5.74, 6) is 0.208. The lowest BCUT2D eigenvalue weighted by Crippen LogP contribution is -2.53. The molecule has 3 heteroatoms. The second-order valence-electron chi connectivity index (χ2n) is 6.80. The first-order valence-corrected chi connectivity index (χ1v) is 6.85. The summed E-state index contributed by atoms with van der Waals surface area (Å²) in [5, 5.41) is 0. The molecule has 4 atom stereocenters. The Kier molecular flexibility index (Phi) is 2.16. The van der Waals surface area contributed by atoms with Crippen LogP contribution in [0, 0.1) is 28.6 Å². The average Bonchev–Trinajstić information content (AvgIpc) is 2.57. The molecule has 0 N–H and O–H groups in total. The fraction of sp³-hybridized carbons (Fsp3) is 0.733. The van der Waals surface area contributed by atoms with Crippen LogP contribution in [0.5, 0.6) is 0 Å². The van der Waals surface area contributed by atoms with Gasteiger partial charge in [0, 0.05) is 12.5 Å². The van der Waals surface area contributed by atoms with Crippen molar-refractivity contribution in [2.75, 3.05) is 7.05 Å². The number of allylic oxidation sites excluding steroid dienone is 2. The van der Waals surface area contributed by atoms with Gasteiger partial charge in [-0.05, 0) is 24.2 Å². The minimum atomic E-state index is -0.129. The molecule has 3 nitrogen and oxygen atoms in total. The molecule has 18 heavy (non-hydrogen) atoms. The van der Waals surface area contributed by atoms with Crippen LogP contribution in [0.1, 0.15) is 33.6 Å². The number of nitrogens with zero attached hydrogens (tertiary/aromatic N) is 1. The smallest absolute Gasteiger partial charge is 0.233 e. The van der Waals surface area contributed by atoms with Crippen LogP contribution >= 0.6 is 0 Å². The summed E-state index contributed by atoms with van der Waals surface area (Å²) in [7, 11) is 1.64. The minimum absolute atomic E-state index is 0.0292. The van der Waals surface area contributed by atoms with Gasteiger partial charge in [0.2, 0.25) is 11.8 Å². The van der Waals surface area contributed by atoms with Crippen LogP contribution in [0.15, 0.2) is 12.2 Å². The Bertz CT molecular complexity index is 467. The van der Waals surface area contributed by atoms with Crippen LogP contribution < -0.4 is 0 Å². The Morgan fingerprint density at radius 2 is 1.78 bits per heavy atom. The topological polar surface area (TPSA) is 37.4 Å². The molecule has 1 heterocycles. The van der Waals surface area contributed by atoms with E-state index in [1.165, 1.54) is 4.90 Å². The SMILES string of the molecule is CC(C)[C@@]12C=C[C@@](C)(CC1)[C@H]1C(=O)N(C)C(=O)[C@@H]12. The van der Waals surface area contributed by atoms with Gasteiger partial charge in [-0.25, -0.2) is 0 Å². The fourth-order valence-electron chi connectivity index (χ4n) is 4.37. The van der Waals surface area contributed by atoms with Crippen LogP contribution in [-0.2, 0) is 9.59 Å². The van der Waals surface area contributed by atoms with Gasteiger partial charge in [0.25, 0.3) is 0 Å². The first kappa shape index (κ1) is 11.9. The van der Waals surface area contributed by atoms with Gasteiger partial charge in [-0.15, -0.1) is 0 Å². The van der Waals surface area contributed by atoms with Gasteiger partial charge < -0.3 is 0 Å². The van der Waals surface area contributed by atoms with E-state index in [1.807, 2.05) is 0 Å². The van der Waals surface area contributed by atoms with Crippen molar-refractivity contribution in [3.05, 3.63) is 12.2 Å². The molecule has 0 unspecified atom stereocenters. The van der Waals surface area contributed by atoms with E-state index in [9.17, 15) is 9.59 Å². The maximum absolute atomic E-state index is 12.5. The highest BCUT2D eigenvalue weighted by Crippen LogP contribution is 2.63. The zero-order valence-corrected chi connectivity index (χ0v) is 11.6. The van der Waals surface area contributed by atoms with E-state index in [0.717, 1.165) is 12.8 Å². The lowest BCUT2D eigenvalue weighted by atomic mass is 9.46. The monoisotopic (exact) mass is 247 g/mol. The predicted octanol–water partition coefficient (Wildman–Crippen LogP) is 2.23. The Hall–Kier alpha value is -1.12. The van der Waals surface area contributed by atoms with Crippen LogP contribution in [-0.4, -0.2) is 23.8 Å². The molecule has 1 saturated heterocycles. The number of rotatable bonds is 1. The summed E-state index contributed by atoms with van der Waals surface area (Å²) in [4.78, 5) is 26.2. The third-order valence-electron chi connectivity index (χ3n) is 5.76. The quantitative estimate of drug-likeness (QED) is 0.526. The van der Waals surface area contributed by atoms with Crippen molar-refractivity contribution in [1.29, 1.82) is 0 Å². The fourth-order valence-corrected chi connectivity index (χ4v) is 4.37. The maximum Gasteiger partial charge on any atom is 0.233 e. The zero-order chi connectivity index (χ0) is 13.3. The molecular formula is C15H21NO2. The van der Waals surface area contributed by atoms with Crippen LogP contribution in [0.2, 0.25) is 0 Å². The standard InChI is InChI=1S/C15H21NO2/c1-9(2)15-7-5-14(3,6-8-15)10-11(15)13(18)16(4)12(10)17/h5,7,9-11H,6,8H2,1-4H3/t10-,11-,14+,15-/m1/s1. The molecule has 0 aromatic rings. The van der Waals surface area contributed by atoms with Gasteiger partial charge in [0.1, 0.15) is 0 Å². The van der Waals surface area contributed by atoms with Crippen LogP contribution in [0.4, 0.5) is 0 Å². The molecule has 0 radical (unpaired) electrons. The second-order valence-corrected chi connectivity index (χ2v) is 6.80. The molecule has 0 aromatic carbocycles. The van der Waals surface area contributed by atoms with Crippen LogP contribution in [0.3, 0.4) is 0 Å². The van der Waals surface area contributed by atoms with Crippen molar-refractivity contribution in [3.63, 3.8) is 0 Å². The van der Waals surface area contributed by atoms with Gasteiger partial charge in [0.15, 0.2) is 0 Å². The molecule has 4 aliphatic rings. The van der Waals surface area contributed by atoms with E-state index in [2.05, 4.69) is 32.9 Å².